The van der Waals surface area contributed by atoms with Crippen molar-refractivity contribution in [2.75, 3.05) is 11.4 Å². The van der Waals surface area contributed by atoms with E-state index in [4.69, 9.17) is 0 Å². The normalized spacial score (nSPS) is 18.6. The fraction of sp³-hybridized carbons (Fsp3) is 0.417. The van der Waals surface area contributed by atoms with Crippen LogP contribution in [0.3, 0.4) is 0 Å². The van der Waals surface area contributed by atoms with E-state index in [-0.39, 0.29) is 5.69 Å². The Morgan fingerprint density at radius 1 is 1.58 bits per heavy atom. The first-order valence-corrected chi connectivity index (χ1v) is 6.65. The molecule has 1 heterocycles. The van der Waals surface area contributed by atoms with Crippen LogP contribution in [-0.4, -0.2) is 28.6 Å². The molecule has 19 heavy (non-hydrogen) atoms. The standard InChI is InChI=1S/C12H13BrN2O4/c1-7-5-11(8(13)6-10(7)15(18)19)14-4-2-3-9(14)12(16)17/h5-6,9H,2-4H2,1H3,(H,16,17). The van der Waals surface area contributed by atoms with Crippen LogP contribution < -0.4 is 4.90 Å². The molecule has 1 fully saturated rings. The largest absolute Gasteiger partial charge is 0.480 e. The number of carboxylic acids is 1. The Balaban J connectivity index is 2.43. The van der Waals surface area contributed by atoms with Crippen LogP contribution in [0.2, 0.25) is 0 Å². The summed E-state index contributed by atoms with van der Waals surface area (Å²) in [6.45, 7) is 2.30. The smallest absolute Gasteiger partial charge is 0.326 e. The quantitative estimate of drug-likeness (QED) is 0.681. The van der Waals surface area contributed by atoms with E-state index in [1.807, 2.05) is 0 Å². The van der Waals surface area contributed by atoms with E-state index in [2.05, 4.69) is 15.9 Å². The van der Waals surface area contributed by atoms with Crippen molar-refractivity contribution in [1.82, 2.24) is 0 Å². The van der Waals surface area contributed by atoms with Crippen LogP contribution in [0.1, 0.15) is 18.4 Å². The minimum Gasteiger partial charge on any atom is -0.480 e. The first kappa shape index (κ1) is 13.8. The molecular weight excluding hydrogens is 316 g/mol. The number of halogens is 1. The minimum atomic E-state index is -0.861. The highest BCUT2D eigenvalue weighted by molar-refractivity contribution is 9.10. The van der Waals surface area contributed by atoms with Gasteiger partial charge in [-0.25, -0.2) is 4.79 Å². The predicted octanol–water partition coefficient (Wildman–Crippen LogP) is 2.72. The number of aliphatic carboxylic acids is 1. The molecule has 1 aromatic carbocycles. The van der Waals surface area contributed by atoms with Crippen molar-refractivity contribution in [2.24, 2.45) is 0 Å². The highest BCUT2D eigenvalue weighted by Gasteiger charge is 2.32. The number of rotatable bonds is 3. The average molecular weight is 329 g/mol. The zero-order valence-corrected chi connectivity index (χ0v) is 11.9. The molecule has 1 N–H and O–H groups in total. The molecule has 1 saturated heterocycles. The van der Waals surface area contributed by atoms with E-state index in [1.165, 1.54) is 6.07 Å². The minimum absolute atomic E-state index is 0.0293. The third-order valence-electron chi connectivity index (χ3n) is 3.31. The molecule has 7 heteroatoms. The van der Waals surface area contributed by atoms with Crippen LogP contribution >= 0.6 is 15.9 Å². The van der Waals surface area contributed by atoms with E-state index in [0.717, 1.165) is 6.42 Å². The number of carboxylic acid groups (broad SMARTS) is 1. The second-order valence-electron chi connectivity index (χ2n) is 4.54. The fourth-order valence-corrected chi connectivity index (χ4v) is 2.94. The summed E-state index contributed by atoms with van der Waals surface area (Å²) in [4.78, 5) is 23.4. The van der Waals surface area contributed by atoms with Gasteiger partial charge in [0.15, 0.2) is 0 Å². The molecule has 1 unspecified atom stereocenters. The van der Waals surface area contributed by atoms with Gasteiger partial charge in [0.25, 0.3) is 5.69 Å². The molecule has 0 spiro atoms. The van der Waals surface area contributed by atoms with Crippen LogP contribution in [0, 0.1) is 17.0 Å². The van der Waals surface area contributed by atoms with Gasteiger partial charge in [-0.1, -0.05) is 0 Å². The molecule has 0 aromatic heterocycles. The third-order valence-corrected chi connectivity index (χ3v) is 3.94. The van der Waals surface area contributed by atoms with Gasteiger partial charge in [0.1, 0.15) is 6.04 Å². The van der Waals surface area contributed by atoms with E-state index < -0.39 is 16.9 Å². The van der Waals surface area contributed by atoms with E-state index in [1.54, 1.807) is 17.9 Å². The Kier molecular flexibility index (Phi) is 3.75. The van der Waals surface area contributed by atoms with Gasteiger partial charge in [-0.15, -0.1) is 0 Å². The first-order valence-electron chi connectivity index (χ1n) is 5.86. The van der Waals surface area contributed by atoms with Crippen molar-refractivity contribution in [3.05, 3.63) is 32.3 Å². The number of carbonyl (C=O) groups is 1. The summed E-state index contributed by atoms with van der Waals surface area (Å²) >= 11 is 3.30. The lowest BCUT2D eigenvalue weighted by molar-refractivity contribution is -0.385. The summed E-state index contributed by atoms with van der Waals surface area (Å²) < 4.78 is 0.554. The molecule has 2 rings (SSSR count). The molecule has 0 amide bonds. The second-order valence-corrected chi connectivity index (χ2v) is 5.39. The molecular formula is C12H13BrN2O4. The molecule has 0 bridgehead atoms. The molecule has 1 atom stereocenters. The number of hydrogen-bond acceptors (Lipinski definition) is 4. The molecule has 102 valence electrons. The third kappa shape index (κ3) is 2.56. The van der Waals surface area contributed by atoms with Gasteiger partial charge in [0.2, 0.25) is 0 Å². The molecule has 0 saturated carbocycles. The lowest BCUT2D eigenvalue weighted by Crippen LogP contribution is -2.36. The molecule has 0 radical (unpaired) electrons. The van der Waals surface area contributed by atoms with Gasteiger partial charge in [-0.3, -0.25) is 10.1 Å². The number of benzene rings is 1. The van der Waals surface area contributed by atoms with Crippen molar-refractivity contribution in [2.45, 2.75) is 25.8 Å². The number of hydrogen-bond donors (Lipinski definition) is 1. The van der Waals surface area contributed by atoms with Gasteiger partial charge in [0, 0.05) is 22.6 Å². The van der Waals surface area contributed by atoms with Gasteiger partial charge in [-0.05, 0) is 41.8 Å². The highest BCUT2D eigenvalue weighted by atomic mass is 79.9. The first-order chi connectivity index (χ1) is 8.91. The van der Waals surface area contributed by atoms with Crippen molar-refractivity contribution in [1.29, 1.82) is 0 Å². The van der Waals surface area contributed by atoms with E-state index >= 15 is 0 Å². The molecule has 1 aliphatic heterocycles. The maximum Gasteiger partial charge on any atom is 0.326 e. The molecule has 1 aliphatic rings. The van der Waals surface area contributed by atoms with Gasteiger partial charge in [0.05, 0.1) is 10.6 Å². The zero-order chi connectivity index (χ0) is 14.2. The van der Waals surface area contributed by atoms with Crippen LogP contribution in [0.5, 0.6) is 0 Å². The summed E-state index contributed by atoms with van der Waals surface area (Å²) in [6, 6.07) is 2.54. The van der Waals surface area contributed by atoms with Crippen LogP contribution in [0.4, 0.5) is 11.4 Å². The number of aryl methyl sites for hydroxylation is 1. The summed E-state index contributed by atoms with van der Waals surface area (Å²) in [5.41, 5.74) is 1.26. The number of nitro benzene ring substituents is 1. The van der Waals surface area contributed by atoms with Crippen molar-refractivity contribution >= 4 is 33.3 Å². The maximum atomic E-state index is 11.2. The Hall–Kier alpha value is -1.63. The topological polar surface area (TPSA) is 83.7 Å². The van der Waals surface area contributed by atoms with E-state index in [9.17, 15) is 20.0 Å². The zero-order valence-electron chi connectivity index (χ0n) is 10.3. The van der Waals surface area contributed by atoms with Gasteiger partial charge >= 0.3 is 5.97 Å². The van der Waals surface area contributed by atoms with Crippen LogP contribution in [0.15, 0.2) is 16.6 Å². The van der Waals surface area contributed by atoms with Crippen molar-refractivity contribution in [3.8, 4) is 0 Å². The summed E-state index contributed by atoms with van der Waals surface area (Å²) in [5, 5.41) is 20.0. The number of anilines is 1. The van der Waals surface area contributed by atoms with Crippen molar-refractivity contribution < 1.29 is 14.8 Å². The Bertz CT molecular complexity index is 547. The number of nitrogens with zero attached hydrogens (tertiary/aromatic N) is 2. The van der Waals surface area contributed by atoms with Gasteiger partial charge in [-0.2, -0.15) is 0 Å². The Morgan fingerprint density at radius 3 is 2.84 bits per heavy atom. The fourth-order valence-electron chi connectivity index (χ4n) is 2.38. The lowest BCUT2D eigenvalue weighted by Gasteiger charge is -2.25. The SMILES string of the molecule is Cc1cc(N2CCCC2C(=O)O)c(Br)cc1[N+](=O)[O-]. The van der Waals surface area contributed by atoms with Crippen molar-refractivity contribution in [3.63, 3.8) is 0 Å². The summed E-state index contributed by atoms with van der Waals surface area (Å²) in [5.74, 6) is -0.861. The Labute approximate surface area is 118 Å². The molecule has 0 aliphatic carbocycles. The average Bonchev–Trinajstić information content (AvgIpc) is 2.80. The lowest BCUT2D eigenvalue weighted by atomic mass is 10.1. The predicted molar refractivity (Wildman–Crippen MR) is 73.5 cm³/mol. The molecule has 1 aromatic rings. The van der Waals surface area contributed by atoms with E-state index in [0.29, 0.717) is 28.7 Å². The van der Waals surface area contributed by atoms with Crippen LogP contribution in [-0.2, 0) is 4.79 Å². The monoisotopic (exact) mass is 328 g/mol. The maximum absolute atomic E-state index is 11.2. The van der Waals surface area contributed by atoms with Crippen LogP contribution in [0.25, 0.3) is 0 Å². The Morgan fingerprint density at radius 2 is 2.26 bits per heavy atom. The highest BCUT2D eigenvalue weighted by Crippen LogP contribution is 2.36. The van der Waals surface area contributed by atoms with Gasteiger partial charge < -0.3 is 10.0 Å². The second kappa shape index (κ2) is 5.16. The molecule has 6 nitrogen and oxygen atoms in total. The summed E-state index contributed by atoms with van der Waals surface area (Å²) in [6.07, 6.45) is 1.40. The summed E-state index contributed by atoms with van der Waals surface area (Å²) in [7, 11) is 0. The number of nitro groups is 1.